The van der Waals surface area contributed by atoms with Gasteiger partial charge in [0.15, 0.2) is 0 Å². The number of carbonyl (C=O) groups excluding carboxylic acids is 2. The number of hydrogen-bond acceptors (Lipinski definition) is 3. The Labute approximate surface area is 181 Å². The van der Waals surface area contributed by atoms with Crippen molar-refractivity contribution in [2.75, 3.05) is 6.61 Å². The summed E-state index contributed by atoms with van der Waals surface area (Å²) in [7, 11) is 0. The van der Waals surface area contributed by atoms with Crippen LogP contribution >= 0.6 is 0 Å². The molecule has 0 amide bonds. The van der Waals surface area contributed by atoms with Crippen LogP contribution in [-0.4, -0.2) is 18.4 Å². The first-order chi connectivity index (χ1) is 14.2. The minimum absolute atomic E-state index is 0.332. The van der Waals surface area contributed by atoms with Gasteiger partial charge in [-0.25, -0.2) is 4.79 Å². The number of esters is 1. The zero-order valence-corrected chi connectivity index (χ0v) is 19.7. The molecule has 0 saturated carbocycles. The molecule has 0 aromatic heterocycles. The molecule has 0 radical (unpaired) electrons. The molecule has 0 bridgehead atoms. The van der Waals surface area contributed by atoms with Crippen molar-refractivity contribution in [1.29, 1.82) is 0 Å². The minimum atomic E-state index is -0.627. The first kappa shape index (κ1) is 27.9. The smallest absolute Gasteiger partial charge is 0.374 e. The third-order valence-electron chi connectivity index (χ3n) is 5.64. The van der Waals surface area contributed by atoms with E-state index in [4.69, 9.17) is 4.74 Å². The minimum Gasteiger partial charge on any atom is -0.460 e. The first-order valence-corrected chi connectivity index (χ1v) is 12.5. The molecule has 0 saturated heterocycles. The van der Waals surface area contributed by atoms with Gasteiger partial charge < -0.3 is 4.74 Å². The Kier molecular flexibility index (Phi) is 20.8. The Hall–Kier alpha value is -1.12. The van der Waals surface area contributed by atoms with Crippen LogP contribution in [0, 0.1) is 5.92 Å². The highest BCUT2D eigenvalue weighted by atomic mass is 16.5. The molecule has 170 valence electrons. The molecule has 0 aliphatic carbocycles. The summed E-state index contributed by atoms with van der Waals surface area (Å²) in [6.07, 6.45) is 23.9. The lowest BCUT2D eigenvalue weighted by molar-refractivity contribution is -0.155. The second kappa shape index (κ2) is 21.6. The topological polar surface area (TPSA) is 43.4 Å². The van der Waals surface area contributed by atoms with Crippen LogP contribution in [0.3, 0.4) is 0 Å². The Morgan fingerprint density at radius 3 is 1.86 bits per heavy atom. The number of rotatable bonds is 21. The van der Waals surface area contributed by atoms with E-state index in [1.807, 2.05) is 0 Å². The molecule has 0 aromatic carbocycles. The highest BCUT2D eigenvalue weighted by Crippen LogP contribution is 2.13. The number of ketones is 1. The molecule has 3 heteroatoms. The lowest BCUT2D eigenvalue weighted by atomic mass is 10.0. The lowest BCUT2D eigenvalue weighted by Gasteiger charge is -2.14. The summed E-state index contributed by atoms with van der Waals surface area (Å²) in [5.41, 5.74) is 0. The normalized spacial score (nSPS) is 12.4. The Morgan fingerprint density at radius 2 is 1.28 bits per heavy atom. The van der Waals surface area contributed by atoms with Gasteiger partial charge in [0, 0.05) is 6.42 Å². The van der Waals surface area contributed by atoms with Crippen molar-refractivity contribution >= 4 is 11.8 Å². The van der Waals surface area contributed by atoms with Gasteiger partial charge in [-0.05, 0) is 44.4 Å². The second-order valence-corrected chi connectivity index (χ2v) is 8.42. The maximum absolute atomic E-state index is 11.9. The van der Waals surface area contributed by atoms with Crippen LogP contribution in [0.1, 0.15) is 130 Å². The van der Waals surface area contributed by atoms with Gasteiger partial charge >= 0.3 is 5.97 Å². The van der Waals surface area contributed by atoms with Crippen molar-refractivity contribution in [3.63, 3.8) is 0 Å². The monoisotopic (exact) mass is 408 g/mol. The second-order valence-electron chi connectivity index (χ2n) is 8.42. The molecular formula is C26H48O3. The lowest BCUT2D eigenvalue weighted by Crippen LogP contribution is -2.21. The maximum Gasteiger partial charge on any atom is 0.374 e. The summed E-state index contributed by atoms with van der Waals surface area (Å²) in [5, 5.41) is 0. The fourth-order valence-corrected chi connectivity index (χ4v) is 3.45. The zero-order chi connectivity index (χ0) is 21.6. The van der Waals surface area contributed by atoms with Gasteiger partial charge in [-0.15, -0.1) is 0 Å². The molecule has 29 heavy (non-hydrogen) atoms. The van der Waals surface area contributed by atoms with Crippen LogP contribution in [0.15, 0.2) is 12.2 Å². The molecule has 0 heterocycles. The van der Waals surface area contributed by atoms with E-state index in [0.717, 1.165) is 51.4 Å². The van der Waals surface area contributed by atoms with Crippen LogP contribution < -0.4 is 0 Å². The molecule has 3 nitrogen and oxygen atoms in total. The summed E-state index contributed by atoms with van der Waals surface area (Å²) in [5.74, 6) is -0.590. The number of unbranched alkanes of at least 4 members (excludes halogenated alkanes) is 11. The third kappa shape index (κ3) is 18.6. The van der Waals surface area contributed by atoms with Crippen LogP contribution in [-0.2, 0) is 14.3 Å². The van der Waals surface area contributed by atoms with Gasteiger partial charge in [-0.3, -0.25) is 4.79 Å². The van der Waals surface area contributed by atoms with Gasteiger partial charge in [-0.1, -0.05) is 97.1 Å². The molecule has 1 unspecified atom stereocenters. The Bertz CT molecular complexity index is 414. The quantitative estimate of drug-likeness (QED) is 0.0837. The highest BCUT2D eigenvalue weighted by molar-refractivity contribution is 6.33. The van der Waals surface area contributed by atoms with E-state index >= 15 is 0 Å². The summed E-state index contributed by atoms with van der Waals surface area (Å²) >= 11 is 0. The van der Waals surface area contributed by atoms with Crippen molar-refractivity contribution in [2.45, 2.75) is 130 Å². The molecule has 0 aliphatic heterocycles. The van der Waals surface area contributed by atoms with Gasteiger partial charge in [0.25, 0.3) is 0 Å². The van der Waals surface area contributed by atoms with Crippen LogP contribution in [0.4, 0.5) is 0 Å². The van der Waals surface area contributed by atoms with E-state index in [2.05, 4.69) is 32.9 Å². The van der Waals surface area contributed by atoms with Crippen molar-refractivity contribution in [1.82, 2.24) is 0 Å². The number of allylic oxidation sites excluding steroid dienone is 2. The molecule has 0 aromatic rings. The standard InChI is InChI=1S/C26H48O3/c1-4-7-9-10-11-12-13-14-15-16-17-18-19-20-22-25(27)26(28)29-23-24(6-3)21-8-5-2/h14-15,24H,4-13,16-23H2,1-3H3/b15-14-. The fraction of sp³-hybridized carbons (Fsp3) is 0.846. The Balaban J connectivity index is 3.54. The number of carbonyl (C=O) groups is 2. The summed E-state index contributed by atoms with van der Waals surface area (Å²) in [6, 6.07) is 0. The van der Waals surface area contributed by atoms with E-state index < -0.39 is 5.97 Å². The summed E-state index contributed by atoms with van der Waals surface area (Å²) in [4.78, 5) is 23.7. The molecule has 0 rings (SSSR count). The zero-order valence-electron chi connectivity index (χ0n) is 19.7. The van der Waals surface area contributed by atoms with Crippen molar-refractivity contribution in [3.8, 4) is 0 Å². The predicted octanol–water partition coefficient (Wildman–Crippen LogP) is 7.96. The van der Waals surface area contributed by atoms with E-state index in [-0.39, 0.29) is 5.78 Å². The third-order valence-corrected chi connectivity index (χ3v) is 5.64. The maximum atomic E-state index is 11.9. The highest BCUT2D eigenvalue weighted by Gasteiger charge is 2.16. The fourth-order valence-electron chi connectivity index (χ4n) is 3.45. The first-order valence-electron chi connectivity index (χ1n) is 12.5. The summed E-state index contributed by atoms with van der Waals surface area (Å²) < 4.78 is 5.23. The van der Waals surface area contributed by atoms with E-state index in [0.29, 0.717) is 18.9 Å². The summed E-state index contributed by atoms with van der Waals surface area (Å²) in [6.45, 7) is 6.92. The van der Waals surface area contributed by atoms with Crippen molar-refractivity contribution in [3.05, 3.63) is 12.2 Å². The van der Waals surface area contributed by atoms with Gasteiger partial charge in [0.1, 0.15) is 0 Å². The van der Waals surface area contributed by atoms with Crippen LogP contribution in [0.2, 0.25) is 0 Å². The molecule has 1 atom stereocenters. The van der Waals surface area contributed by atoms with E-state index in [1.54, 1.807) is 0 Å². The average Bonchev–Trinajstić information content (AvgIpc) is 2.73. The molecule has 0 fully saturated rings. The Morgan fingerprint density at radius 1 is 0.724 bits per heavy atom. The molecule has 0 aliphatic rings. The van der Waals surface area contributed by atoms with Crippen LogP contribution in [0.25, 0.3) is 0 Å². The van der Waals surface area contributed by atoms with Gasteiger partial charge in [0.2, 0.25) is 5.78 Å². The molecule has 0 N–H and O–H groups in total. The number of ether oxygens (including phenoxy) is 1. The van der Waals surface area contributed by atoms with Crippen LogP contribution in [0.5, 0.6) is 0 Å². The molecular weight excluding hydrogens is 360 g/mol. The average molecular weight is 409 g/mol. The van der Waals surface area contributed by atoms with E-state index in [1.165, 1.54) is 51.4 Å². The largest absolute Gasteiger partial charge is 0.460 e. The van der Waals surface area contributed by atoms with Crippen molar-refractivity contribution in [2.24, 2.45) is 5.92 Å². The number of Topliss-reactive ketones (excluding diaryl/α,β-unsaturated/α-hetero) is 1. The predicted molar refractivity (Wildman–Crippen MR) is 124 cm³/mol. The number of hydrogen-bond donors (Lipinski definition) is 0. The van der Waals surface area contributed by atoms with Gasteiger partial charge in [-0.2, -0.15) is 0 Å². The molecule has 0 spiro atoms. The van der Waals surface area contributed by atoms with Crippen molar-refractivity contribution < 1.29 is 14.3 Å². The van der Waals surface area contributed by atoms with E-state index in [9.17, 15) is 9.59 Å². The van der Waals surface area contributed by atoms with Gasteiger partial charge in [0.05, 0.1) is 6.61 Å². The SMILES string of the molecule is CCCCCCCC/C=C\CCCCCCC(=O)C(=O)OCC(CC)CCCC.